The maximum atomic E-state index is 10.6. The summed E-state index contributed by atoms with van der Waals surface area (Å²) in [5.41, 5.74) is 2.11. The van der Waals surface area contributed by atoms with Crippen LogP contribution in [0, 0.1) is 10.1 Å². The Morgan fingerprint density at radius 1 is 1.62 bits per heavy atom. The predicted octanol–water partition coefficient (Wildman–Crippen LogP) is 0.0681. The molecule has 1 atom stereocenters. The lowest BCUT2D eigenvalue weighted by Gasteiger charge is -2.12. The smallest absolute Gasteiger partial charge is 0.276 e. The standard InChI is InChI=1S/C8H13N5O3/c1-5(4-14)10-7-2-6(13(15)16)3-8(11-7)12-9/h2-3,5,14H,4,9H2,1H3,(H2,10,11,12). The molecule has 1 rings (SSSR count). The number of nitro groups is 1. The van der Waals surface area contributed by atoms with Gasteiger partial charge in [0, 0.05) is 6.04 Å². The molecule has 0 fully saturated rings. The highest BCUT2D eigenvalue weighted by atomic mass is 16.6. The van der Waals surface area contributed by atoms with Crippen LogP contribution in [0.4, 0.5) is 17.3 Å². The van der Waals surface area contributed by atoms with E-state index in [0.29, 0.717) is 0 Å². The van der Waals surface area contributed by atoms with E-state index in [1.165, 1.54) is 12.1 Å². The molecule has 0 amide bonds. The van der Waals surface area contributed by atoms with Gasteiger partial charge in [0.1, 0.15) is 11.6 Å². The maximum absolute atomic E-state index is 10.6. The van der Waals surface area contributed by atoms with Crippen molar-refractivity contribution in [3.8, 4) is 0 Å². The number of nitrogen functional groups attached to an aromatic ring is 1. The zero-order chi connectivity index (χ0) is 12.1. The molecular formula is C8H13N5O3. The summed E-state index contributed by atoms with van der Waals surface area (Å²) < 4.78 is 0. The van der Waals surface area contributed by atoms with E-state index in [0.717, 1.165) is 0 Å². The third kappa shape index (κ3) is 3.04. The van der Waals surface area contributed by atoms with E-state index >= 15 is 0 Å². The van der Waals surface area contributed by atoms with E-state index in [9.17, 15) is 10.1 Å². The second-order valence-corrected chi connectivity index (χ2v) is 3.23. The molecule has 1 aromatic heterocycles. The summed E-state index contributed by atoms with van der Waals surface area (Å²) in [4.78, 5) is 14.0. The zero-order valence-corrected chi connectivity index (χ0v) is 8.67. The normalized spacial score (nSPS) is 11.9. The van der Waals surface area contributed by atoms with Crippen molar-refractivity contribution in [3.63, 3.8) is 0 Å². The summed E-state index contributed by atoms with van der Waals surface area (Å²) in [7, 11) is 0. The molecule has 1 heterocycles. The van der Waals surface area contributed by atoms with E-state index in [1.807, 2.05) is 0 Å². The highest BCUT2D eigenvalue weighted by molar-refractivity contribution is 5.54. The van der Waals surface area contributed by atoms with Gasteiger partial charge < -0.3 is 15.8 Å². The number of rotatable bonds is 5. The first kappa shape index (κ1) is 12.1. The number of hydrogen-bond acceptors (Lipinski definition) is 7. The minimum absolute atomic E-state index is 0.101. The molecule has 0 saturated carbocycles. The van der Waals surface area contributed by atoms with Crippen molar-refractivity contribution in [1.82, 2.24) is 4.98 Å². The van der Waals surface area contributed by atoms with Crippen molar-refractivity contribution in [1.29, 1.82) is 0 Å². The van der Waals surface area contributed by atoms with Gasteiger partial charge in [-0.2, -0.15) is 0 Å². The summed E-state index contributed by atoms with van der Waals surface area (Å²) in [6.07, 6.45) is 0. The molecule has 16 heavy (non-hydrogen) atoms. The summed E-state index contributed by atoms with van der Waals surface area (Å²) in [5.74, 6) is 5.60. The van der Waals surface area contributed by atoms with Gasteiger partial charge in [0.25, 0.3) is 5.69 Å². The zero-order valence-electron chi connectivity index (χ0n) is 8.67. The molecule has 8 nitrogen and oxygen atoms in total. The number of nitrogens with zero attached hydrogens (tertiary/aromatic N) is 2. The number of nitrogens with one attached hydrogen (secondary N) is 2. The Labute approximate surface area is 91.6 Å². The van der Waals surface area contributed by atoms with Gasteiger partial charge in [-0.1, -0.05) is 0 Å². The largest absolute Gasteiger partial charge is 0.394 e. The third-order valence-corrected chi connectivity index (χ3v) is 1.84. The van der Waals surface area contributed by atoms with Crippen LogP contribution in [0.2, 0.25) is 0 Å². The maximum Gasteiger partial charge on any atom is 0.276 e. The second kappa shape index (κ2) is 5.24. The average Bonchev–Trinajstić information content (AvgIpc) is 2.28. The molecule has 5 N–H and O–H groups in total. The van der Waals surface area contributed by atoms with Gasteiger partial charge in [0.15, 0.2) is 0 Å². The molecule has 0 saturated heterocycles. The topological polar surface area (TPSA) is 126 Å². The number of hydrogen-bond donors (Lipinski definition) is 4. The Morgan fingerprint density at radius 3 is 2.75 bits per heavy atom. The molecule has 0 aliphatic heterocycles. The van der Waals surface area contributed by atoms with Crippen LogP contribution in [-0.4, -0.2) is 27.7 Å². The molecule has 1 unspecified atom stereocenters. The SMILES string of the molecule is CC(CO)Nc1cc([N+](=O)[O-])cc(NN)n1. The molecule has 0 aromatic carbocycles. The predicted molar refractivity (Wildman–Crippen MR) is 58.9 cm³/mol. The number of anilines is 2. The number of aliphatic hydroxyl groups is 1. The quantitative estimate of drug-likeness (QED) is 0.318. The Bertz CT molecular complexity index is 384. The van der Waals surface area contributed by atoms with Crippen LogP contribution in [0.25, 0.3) is 0 Å². The van der Waals surface area contributed by atoms with Crippen molar-refractivity contribution in [3.05, 3.63) is 22.2 Å². The lowest BCUT2D eigenvalue weighted by Crippen LogP contribution is -2.20. The first-order chi connectivity index (χ1) is 7.56. The van der Waals surface area contributed by atoms with Crippen LogP contribution in [0.5, 0.6) is 0 Å². The number of aromatic nitrogens is 1. The highest BCUT2D eigenvalue weighted by Gasteiger charge is 2.11. The fourth-order valence-electron chi connectivity index (χ4n) is 1.07. The van der Waals surface area contributed by atoms with E-state index in [1.54, 1.807) is 6.92 Å². The van der Waals surface area contributed by atoms with Crippen LogP contribution in [0.3, 0.4) is 0 Å². The van der Waals surface area contributed by atoms with Gasteiger partial charge in [-0.3, -0.25) is 10.1 Å². The van der Waals surface area contributed by atoms with E-state index in [2.05, 4.69) is 15.7 Å². The van der Waals surface area contributed by atoms with Crippen LogP contribution < -0.4 is 16.6 Å². The summed E-state index contributed by atoms with van der Waals surface area (Å²) in [6.45, 7) is 1.62. The van der Waals surface area contributed by atoms with Crippen LogP contribution in [-0.2, 0) is 0 Å². The number of pyridine rings is 1. The number of hydrazine groups is 1. The molecule has 0 bridgehead atoms. The monoisotopic (exact) mass is 227 g/mol. The van der Waals surface area contributed by atoms with Crippen molar-refractivity contribution in [2.24, 2.45) is 5.84 Å². The molecular weight excluding hydrogens is 214 g/mol. The Hall–Kier alpha value is -1.93. The van der Waals surface area contributed by atoms with Gasteiger partial charge >= 0.3 is 0 Å². The molecule has 0 aliphatic rings. The van der Waals surface area contributed by atoms with E-state index in [4.69, 9.17) is 10.9 Å². The summed E-state index contributed by atoms with van der Waals surface area (Å²) in [5, 5.41) is 22.2. The van der Waals surface area contributed by atoms with E-state index in [-0.39, 0.29) is 30.0 Å². The number of nitrogens with two attached hydrogens (primary N) is 1. The first-order valence-corrected chi connectivity index (χ1v) is 4.57. The minimum atomic E-state index is -0.544. The fourth-order valence-corrected chi connectivity index (χ4v) is 1.07. The highest BCUT2D eigenvalue weighted by Crippen LogP contribution is 2.20. The van der Waals surface area contributed by atoms with Gasteiger partial charge in [-0.05, 0) is 6.92 Å². The fraction of sp³-hybridized carbons (Fsp3) is 0.375. The van der Waals surface area contributed by atoms with Crippen LogP contribution >= 0.6 is 0 Å². The van der Waals surface area contributed by atoms with Gasteiger partial charge in [-0.15, -0.1) is 0 Å². The number of aliphatic hydroxyl groups excluding tert-OH is 1. The van der Waals surface area contributed by atoms with E-state index < -0.39 is 4.92 Å². The van der Waals surface area contributed by atoms with Crippen LogP contribution in [0.15, 0.2) is 12.1 Å². The lowest BCUT2D eigenvalue weighted by molar-refractivity contribution is -0.384. The molecule has 88 valence electrons. The van der Waals surface area contributed by atoms with Crippen molar-refractivity contribution in [2.75, 3.05) is 17.3 Å². The third-order valence-electron chi connectivity index (χ3n) is 1.84. The van der Waals surface area contributed by atoms with Crippen molar-refractivity contribution < 1.29 is 10.0 Å². The Balaban J connectivity index is 2.99. The average molecular weight is 227 g/mol. The van der Waals surface area contributed by atoms with Gasteiger partial charge in [0.2, 0.25) is 0 Å². The van der Waals surface area contributed by atoms with Crippen molar-refractivity contribution >= 4 is 17.3 Å². The van der Waals surface area contributed by atoms with Crippen LogP contribution in [0.1, 0.15) is 6.92 Å². The molecule has 0 radical (unpaired) electrons. The molecule has 8 heteroatoms. The lowest BCUT2D eigenvalue weighted by atomic mass is 10.3. The summed E-state index contributed by atoms with van der Waals surface area (Å²) in [6, 6.07) is 2.24. The van der Waals surface area contributed by atoms with Gasteiger partial charge in [-0.25, -0.2) is 10.8 Å². The van der Waals surface area contributed by atoms with Gasteiger partial charge in [0.05, 0.1) is 23.7 Å². The second-order valence-electron chi connectivity index (χ2n) is 3.23. The molecule has 1 aromatic rings. The molecule has 0 aliphatic carbocycles. The molecule has 0 spiro atoms. The minimum Gasteiger partial charge on any atom is -0.394 e. The van der Waals surface area contributed by atoms with Crippen molar-refractivity contribution in [2.45, 2.75) is 13.0 Å². The summed E-state index contributed by atoms with van der Waals surface area (Å²) >= 11 is 0. The Morgan fingerprint density at radius 2 is 2.25 bits per heavy atom. The Kier molecular flexibility index (Phi) is 3.97. The first-order valence-electron chi connectivity index (χ1n) is 4.57.